The summed E-state index contributed by atoms with van der Waals surface area (Å²) in [6.07, 6.45) is 0. The molecule has 0 saturated carbocycles. The summed E-state index contributed by atoms with van der Waals surface area (Å²) in [6, 6.07) is 0. The Balaban J connectivity index is 0. The van der Waals surface area contributed by atoms with Gasteiger partial charge >= 0.3 is 18.9 Å². The molecule has 5 heteroatoms. The van der Waals surface area contributed by atoms with E-state index in [0.29, 0.717) is 0 Å². The van der Waals surface area contributed by atoms with Gasteiger partial charge in [-0.25, -0.2) is 0 Å². The van der Waals surface area contributed by atoms with Gasteiger partial charge in [0.25, 0.3) is 0 Å². The van der Waals surface area contributed by atoms with Crippen LogP contribution in [0.4, 0.5) is 0 Å². The van der Waals surface area contributed by atoms with E-state index in [2.05, 4.69) is 0 Å². The van der Waals surface area contributed by atoms with E-state index in [0.717, 1.165) is 0 Å². The first-order chi connectivity index (χ1) is 4.46. The number of hydrogen-bond donors (Lipinski definition) is 0. The van der Waals surface area contributed by atoms with E-state index in [4.69, 9.17) is 0 Å². The first kappa shape index (κ1) is 13.3. The molecule has 0 rings (SSSR count). The van der Waals surface area contributed by atoms with Crippen LogP contribution in [0.1, 0.15) is 20.8 Å². The molecule has 0 N–H and O–H groups in total. The normalized spacial score (nSPS) is 8.73. The van der Waals surface area contributed by atoms with Crippen molar-refractivity contribution in [3.05, 3.63) is 0 Å². The molecule has 56 valence electrons. The first-order valence-corrected chi connectivity index (χ1v) is 3.17. The molecule has 0 unspecified atom stereocenters. The maximum absolute atomic E-state index is 10.6. The molecule has 3 nitrogen and oxygen atoms in total. The maximum atomic E-state index is 10.6. The zero-order valence-electron chi connectivity index (χ0n) is 7.43. The van der Waals surface area contributed by atoms with Gasteiger partial charge in [-0.05, 0) is 37.8 Å². The van der Waals surface area contributed by atoms with E-state index in [1.54, 1.807) is 0 Å². The van der Waals surface area contributed by atoms with Crippen molar-refractivity contribution in [2.45, 2.75) is 20.8 Å². The largest absolute Gasteiger partial charge is 1.00 e. The van der Waals surface area contributed by atoms with Crippen LogP contribution in [-0.4, -0.2) is 23.8 Å². The van der Waals surface area contributed by atoms with Gasteiger partial charge in [-0.2, -0.15) is 0 Å². The van der Waals surface area contributed by atoms with E-state index in [1.807, 2.05) is 0 Å². The van der Waals surface area contributed by atoms with Crippen LogP contribution < -0.4 is 18.9 Å². The molecule has 0 fully saturated rings. The van der Waals surface area contributed by atoms with Crippen molar-refractivity contribution in [2.75, 3.05) is 0 Å². The molecule has 0 amide bonds. The third kappa shape index (κ3) is 4.18. The molecule has 0 aliphatic carbocycles. The topological polar surface area (TPSA) is 51.2 Å². The Bertz CT molecular complexity index is 157. The van der Waals surface area contributed by atoms with Crippen LogP contribution in [0.2, 0.25) is 0 Å². The first-order valence-electron chi connectivity index (χ1n) is 3.17. The van der Waals surface area contributed by atoms with Gasteiger partial charge in [0.2, 0.25) is 0 Å². The molecule has 0 spiro atoms. The van der Waals surface area contributed by atoms with Gasteiger partial charge in [0.05, 0.1) is 0 Å². The van der Waals surface area contributed by atoms with Crippen LogP contribution >= 0.6 is 0 Å². The van der Waals surface area contributed by atoms with Crippen LogP contribution in [-0.2, 0) is 14.4 Å². The van der Waals surface area contributed by atoms with Crippen LogP contribution in [0.15, 0.2) is 0 Å². The SMILES string of the molecule is CC(=O)[BH-](C(C)=O)C(C)=O.[Li+]. The van der Waals surface area contributed by atoms with Gasteiger partial charge < -0.3 is 14.4 Å². The molecule has 0 aromatic heterocycles. The van der Waals surface area contributed by atoms with Gasteiger partial charge in [0.1, 0.15) is 0 Å². The molecular formula is C6H10BLiO3. The van der Waals surface area contributed by atoms with Crippen molar-refractivity contribution in [3.63, 3.8) is 0 Å². The number of carbonyl (C=O) groups is 3. The summed E-state index contributed by atoms with van der Waals surface area (Å²) >= 11 is 0. The monoisotopic (exact) mass is 148 g/mol. The minimum atomic E-state index is -1.83. The van der Waals surface area contributed by atoms with Gasteiger partial charge in [-0.15, -0.1) is 0 Å². The molecule has 0 bridgehead atoms. The molecule has 0 aromatic carbocycles. The van der Waals surface area contributed by atoms with Gasteiger partial charge in [-0.1, -0.05) is 0 Å². The van der Waals surface area contributed by atoms with Crippen molar-refractivity contribution < 1.29 is 33.2 Å². The van der Waals surface area contributed by atoms with Crippen molar-refractivity contribution in [2.24, 2.45) is 0 Å². The summed E-state index contributed by atoms with van der Waals surface area (Å²) < 4.78 is 0. The Morgan fingerprint density at radius 2 is 1.00 bits per heavy atom. The smallest absolute Gasteiger partial charge is 0.346 e. The molecule has 0 heterocycles. The van der Waals surface area contributed by atoms with E-state index in [-0.39, 0.29) is 35.9 Å². The number of carbonyl (C=O) groups excluding carboxylic acids is 3. The van der Waals surface area contributed by atoms with Gasteiger partial charge in [-0.3, -0.25) is 0 Å². The van der Waals surface area contributed by atoms with E-state index >= 15 is 0 Å². The summed E-state index contributed by atoms with van der Waals surface area (Å²) in [7, 11) is 0. The zero-order chi connectivity index (χ0) is 8.31. The molecule has 0 aliphatic rings. The van der Waals surface area contributed by atoms with E-state index in [9.17, 15) is 14.4 Å². The van der Waals surface area contributed by atoms with Crippen molar-refractivity contribution in [1.29, 1.82) is 0 Å². The Hall–Kier alpha value is -0.328. The zero-order valence-corrected chi connectivity index (χ0v) is 7.43. The average molecular weight is 148 g/mol. The summed E-state index contributed by atoms with van der Waals surface area (Å²) in [5.41, 5.74) is -0.875. The molecule has 0 aliphatic heterocycles. The average Bonchev–Trinajstić information content (AvgIpc) is 1.59. The third-order valence-electron chi connectivity index (χ3n) is 1.49. The molecule has 0 aromatic rings. The predicted molar refractivity (Wildman–Crippen MR) is 39.2 cm³/mol. The predicted octanol–water partition coefficient (Wildman–Crippen LogP) is -3.40. The van der Waals surface area contributed by atoms with Crippen molar-refractivity contribution in [3.8, 4) is 0 Å². The summed E-state index contributed by atoms with van der Waals surface area (Å²) in [4.78, 5) is 31.9. The molecule has 0 atom stereocenters. The quantitative estimate of drug-likeness (QED) is 0.392. The fraction of sp³-hybridized carbons (Fsp3) is 0.500. The Kier molecular flexibility index (Phi) is 6.44. The van der Waals surface area contributed by atoms with Crippen LogP contribution in [0.5, 0.6) is 0 Å². The second-order valence-electron chi connectivity index (χ2n) is 2.64. The Labute approximate surface area is 78.2 Å². The Morgan fingerprint density at radius 3 is 1.00 bits per heavy atom. The minimum Gasteiger partial charge on any atom is -0.346 e. The number of rotatable bonds is 3. The summed E-state index contributed by atoms with van der Waals surface area (Å²) in [6.45, 7) is 2.01. The molecule has 0 saturated heterocycles. The van der Waals surface area contributed by atoms with Gasteiger partial charge in [0, 0.05) is 0 Å². The molecular weight excluding hydrogens is 138 g/mol. The third-order valence-corrected chi connectivity index (χ3v) is 1.49. The van der Waals surface area contributed by atoms with Crippen molar-refractivity contribution >= 4 is 23.8 Å². The maximum Gasteiger partial charge on any atom is 1.00 e. The second kappa shape index (κ2) is 5.34. The van der Waals surface area contributed by atoms with Gasteiger partial charge in [0.15, 0.2) is 6.71 Å². The minimum absolute atomic E-state index is 0. The second-order valence-corrected chi connectivity index (χ2v) is 2.64. The fourth-order valence-electron chi connectivity index (χ4n) is 1.05. The van der Waals surface area contributed by atoms with E-state index in [1.165, 1.54) is 20.8 Å². The van der Waals surface area contributed by atoms with Crippen LogP contribution in [0.25, 0.3) is 0 Å². The van der Waals surface area contributed by atoms with Crippen molar-refractivity contribution in [1.82, 2.24) is 0 Å². The fourth-order valence-corrected chi connectivity index (χ4v) is 1.05. The Morgan fingerprint density at radius 1 is 0.818 bits per heavy atom. The standard InChI is InChI=1S/C6H10BO3.Li/c1-4(8)7(5(2)9)6(3)10;/h7H,1-3H3;/q-1;+1. The van der Waals surface area contributed by atoms with Crippen LogP contribution in [0.3, 0.4) is 0 Å². The summed E-state index contributed by atoms with van der Waals surface area (Å²) in [5, 5.41) is 0. The molecule has 0 radical (unpaired) electrons. The van der Waals surface area contributed by atoms with Crippen LogP contribution in [0, 0.1) is 0 Å². The summed E-state index contributed by atoms with van der Waals surface area (Å²) in [5.74, 6) is 0. The van der Waals surface area contributed by atoms with E-state index < -0.39 is 6.71 Å². The number of hydrogen-bond acceptors (Lipinski definition) is 3. The molecule has 11 heavy (non-hydrogen) atoms.